The molecule has 5 nitrogen and oxygen atoms in total. The van der Waals surface area contributed by atoms with E-state index in [0.717, 1.165) is 11.1 Å². The fraction of sp³-hybridized carbons (Fsp3) is 0.167. The summed E-state index contributed by atoms with van der Waals surface area (Å²) in [4.78, 5) is 25.2. The topological polar surface area (TPSA) is 75.6 Å². The van der Waals surface area contributed by atoms with Gasteiger partial charge in [-0.2, -0.15) is 0 Å². The second-order valence-corrected chi connectivity index (χ2v) is 6.89. The summed E-state index contributed by atoms with van der Waals surface area (Å²) in [6.07, 6.45) is 0. The van der Waals surface area contributed by atoms with E-state index >= 15 is 0 Å². The number of esters is 1. The third-order valence-corrected chi connectivity index (χ3v) is 4.68. The maximum atomic E-state index is 12.9. The van der Waals surface area contributed by atoms with Crippen LogP contribution in [0.15, 0.2) is 78.9 Å². The molecule has 3 rings (SSSR count). The molecule has 148 valence electrons. The number of benzene rings is 3. The fourth-order valence-corrected chi connectivity index (χ4v) is 3.05. The molecule has 29 heavy (non-hydrogen) atoms. The molecule has 0 fully saturated rings. The first-order valence-corrected chi connectivity index (χ1v) is 9.29. The summed E-state index contributed by atoms with van der Waals surface area (Å²) < 4.78 is 5.22. The highest BCUT2D eigenvalue weighted by Gasteiger charge is 2.41. The summed E-state index contributed by atoms with van der Waals surface area (Å²) in [5.74, 6) is -1.39. The van der Waals surface area contributed by atoms with Crippen molar-refractivity contribution >= 4 is 17.6 Å². The molecule has 0 aromatic heterocycles. The van der Waals surface area contributed by atoms with Crippen LogP contribution in [-0.4, -0.2) is 23.6 Å². The first kappa shape index (κ1) is 20.3. The average molecular weight is 389 g/mol. The Morgan fingerprint density at radius 2 is 1.45 bits per heavy atom. The zero-order valence-corrected chi connectivity index (χ0v) is 16.4. The predicted molar refractivity (Wildman–Crippen MR) is 111 cm³/mol. The van der Waals surface area contributed by atoms with E-state index in [1.54, 1.807) is 60.7 Å². The number of aryl methyl sites for hydroxylation is 2. The number of hydrogen-bond acceptors (Lipinski definition) is 4. The quantitative estimate of drug-likeness (QED) is 0.630. The van der Waals surface area contributed by atoms with Crippen molar-refractivity contribution in [2.45, 2.75) is 19.4 Å². The Labute approximate surface area is 170 Å². The number of aliphatic hydroxyl groups is 1. The SMILES string of the molecule is Cc1ccc(C)c(NC(=O)COC(=O)C(O)(c2ccccc2)c2ccccc2)c1. The van der Waals surface area contributed by atoms with Crippen molar-refractivity contribution in [3.63, 3.8) is 0 Å². The number of hydrogen-bond donors (Lipinski definition) is 2. The standard InChI is InChI=1S/C24H23NO4/c1-17-13-14-18(2)21(15-17)25-22(26)16-29-23(27)24(28,19-9-5-3-6-10-19)20-11-7-4-8-12-20/h3-15,28H,16H2,1-2H3,(H,25,26). The molecule has 0 unspecified atom stereocenters. The summed E-state index contributed by atoms with van der Waals surface area (Å²) in [7, 11) is 0. The van der Waals surface area contributed by atoms with Gasteiger partial charge in [0, 0.05) is 5.69 Å². The lowest BCUT2D eigenvalue weighted by Gasteiger charge is -2.27. The molecule has 0 aliphatic heterocycles. The molecule has 2 N–H and O–H groups in total. The number of amides is 1. The lowest BCUT2D eigenvalue weighted by Crippen LogP contribution is -2.39. The van der Waals surface area contributed by atoms with Gasteiger partial charge in [-0.3, -0.25) is 4.79 Å². The summed E-state index contributed by atoms with van der Waals surface area (Å²) in [6.45, 7) is 3.30. The van der Waals surface area contributed by atoms with Crippen LogP contribution in [0, 0.1) is 13.8 Å². The highest BCUT2D eigenvalue weighted by atomic mass is 16.6. The number of carbonyl (C=O) groups excluding carboxylic acids is 2. The van der Waals surface area contributed by atoms with Crippen LogP contribution < -0.4 is 5.32 Å². The van der Waals surface area contributed by atoms with E-state index in [1.165, 1.54) is 0 Å². The van der Waals surface area contributed by atoms with Gasteiger partial charge in [0.15, 0.2) is 6.61 Å². The largest absolute Gasteiger partial charge is 0.453 e. The average Bonchev–Trinajstić information content (AvgIpc) is 2.75. The van der Waals surface area contributed by atoms with Crippen molar-refractivity contribution in [1.29, 1.82) is 0 Å². The van der Waals surface area contributed by atoms with Crippen LogP contribution in [0.25, 0.3) is 0 Å². The van der Waals surface area contributed by atoms with E-state index in [1.807, 2.05) is 32.0 Å². The monoisotopic (exact) mass is 389 g/mol. The molecule has 0 aliphatic carbocycles. The lowest BCUT2D eigenvalue weighted by molar-refractivity contribution is -0.163. The number of ether oxygens (including phenoxy) is 1. The molecule has 0 heterocycles. The first-order valence-electron chi connectivity index (χ1n) is 9.29. The molecular weight excluding hydrogens is 366 g/mol. The van der Waals surface area contributed by atoms with Gasteiger partial charge in [-0.05, 0) is 42.2 Å². The second kappa shape index (κ2) is 8.71. The van der Waals surface area contributed by atoms with E-state index in [0.29, 0.717) is 16.8 Å². The van der Waals surface area contributed by atoms with E-state index in [-0.39, 0.29) is 0 Å². The van der Waals surface area contributed by atoms with Crippen LogP contribution in [0.3, 0.4) is 0 Å². The molecule has 5 heteroatoms. The van der Waals surface area contributed by atoms with Crippen LogP contribution in [0.4, 0.5) is 5.69 Å². The highest BCUT2D eigenvalue weighted by molar-refractivity contribution is 5.94. The molecule has 3 aromatic rings. The van der Waals surface area contributed by atoms with Crippen molar-refractivity contribution in [2.24, 2.45) is 0 Å². The normalized spacial score (nSPS) is 11.0. The minimum Gasteiger partial charge on any atom is -0.453 e. The molecule has 0 bridgehead atoms. The predicted octanol–water partition coefficient (Wildman–Crippen LogP) is 3.72. The Morgan fingerprint density at radius 3 is 2.00 bits per heavy atom. The first-order chi connectivity index (χ1) is 13.9. The van der Waals surface area contributed by atoms with Gasteiger partial charge in [-0.1, -0.05) is 72.8 Å². The Hall–Kier alpha value is -3.44. The Morgan fingerprint density at radius 1 is 0.897 bits per heavy atom. The van der Waals surface area contributed by atoms with Crippen molar-refractivity contribution < 1.29 is 19.4 Å². The van der Waals surface area contributed by atoms with E-state index < -0.39 is 24.1 Å². The van der Waals surface area contributed by atoms with Gasteiger partial charge in [0.25, 0.3) is 5.91 Å². The van der Waals surface area contributed by atoms with Gasteiger partial charge in [0.1, 0.15) is 0 Å². The molecule has 0 saturated heterocycles. The molecule has 0 radical (unpaired) electrons. The zero-order chi connectivity index (χ0) is 20.9. The Balaban J connectivity index is 1.77. The molecule has 0 spiro atoms. The van der Waals surface area contributed by atoms with Crippen LogP contribution in [0.5, 0.6) is 0 Å². The second-order valence-electron chi connectivity index (χ2n) is 6.89. The molecule has 0 atom stereocenters. The minimum absolute atomic E-state index is 0.367. The van der Waals surface area contributed by atoms with Crippen LogP contribution in [0.1, 0.15) is 22.3 Å². The molecule has 0 aliphatic rings. The number of rotatable bonds is 6. The van der Waals surface area contributed by atoms with E-state index in [9.17, 15) is 14.7 Å². The highest BCUT2D eigenvalue weighted by Crippen LogP contribution is 2.31. The fourth-order valence-electron chi connectivity index (χ4n) is 3.05. The van der Waals surface area contributed by atoms with Crippen LogP contribution in [0.2, 0.25) is 0 Å². The van der Waals surface area contributed by atoms with Crippen molar-refractivity contribution in [3.05, 3.63) is 101 Å². The number of carbonyl (C=O) groups is 2. The van der Waals surface area contributed by atoms with Gasteiger partial charge >= 0.3 is 5.97 Å². The van der Waals surface area contributed by atoms with Gasteiger partial charge < -0.3 is 15.2 Å². The smallest absolute Gasteiger partial charge is 0.348 e. The lowest BCUT2D eigenvalue weighted by atomic mass is 9.86. The number of anilines is 1. The maximum absolute atomic E-state index is 12.9. The van der Waals surface area contributed by atoms with Crippen LogP contribution in [-0.2, 0) is 19.9 Å². The van der Waals surface area contributed by atoms with E-state index in [2.05, 4.69) is 5.32 Å². The van der Waals surface area contributed by atoms with E-state index in [4.69, 9.17) is 4.74 Å². The van der Waals surface area contributed by atoms with Crippen LogP contribution >= 0.6 is 0 Å². The van der Waals surface area contributed by atoms with Gasteiger partial charge in [-0.25, -0.2) is 4.79 Å². The van der Waals surface area contributed by atoms with Crippen molar-refractivity contribution in [1.82, 2.24) is 0 Å². The number of nitrogens with one attached hydrogen (secondary N) is 1. The van der Waals surface area contributed by atoms with Gasteiger partial charge in [0.2, 0.25) is 5.60 Å². The maximum Gasteiger partial charge on any atom is 0.348 e. The van der Waals surface area contributed by atoms with Gasteiger partial charge in [0.05, 0.1) is 0 Å². The Kier molecular flexibility index (Phi) is 6.10. The van der Waals surface area contributed by atoms with Crippen molar-refractivity contribution in [3.8, 4) is 0 Å². The Bertz CT molecular complexity index is 960. The minimum atomic E-state index is -2.01. The summed E-state index contributed by atoms with van der Waals surface area (Å²) in [6, 6.07) is 22.8. The summed E-state index contributed by atoms with van der Waals surface area (Å²) >= 11 is 0. The third-order valence-electron chi connectivity index (χ3n) is 4.68. The van der Waals surface area contributed by atoms with Gasteiger partial charge in [-0.15, -0.1) is 0 Å². The molecular formula is C24H23NO4. The summed E-state index contributed by atoms with van der Waals surface area (Å²) in [5.41, 5.74) is 1.29. The third kappa shape index (κ3) is 4.52. The molecule has 1 amide bonds. The molecule has 0 saturated carbocycles. The molecule has 3 aromatic carbocycles. The zero-order valence-electron chi connectivity index (χ0n) is 16.4. The van der Waals surface area contributed by atoms with Crippen molar-refractivity contribution in [2.75, 3.05) is 11.9 Å². The summed E-state index contributed by atoms with van der Waals surface area (Å²) in [5, 5.41) is 14.0.